The maximum atomic E-state index is 4.52. The van der Waals surface area contributed by atoms with Crippen molar-refractivity contribution in [1.82, 2.24) is 4.98 Å². The van der Waals surface area contributed by atoms with Crippen molar-refractivity contribution in [2.45, 2.75) is 25.7 Å². The fourth-order valence-corrected chi connectivity index (χ4v) is 4.33. The molecule has 0 saturated carbocycles. The Labute approximate surface area is 148 Å². The van der Waals surface area contributed by atoms with Crippen LogP contribution >= 0.6 is 0 Å². The first-order valence-electron chi connectivity index (χ1n) is 9.20. The maximum Gasteiger partial charge on any atom is 0.0409 e. The van der Waals surface area contributed by atoms with Gasteiger partial charge < -0.3 is 0 Å². The average Bonchev–Trinajstić information content (AvgIpc) is 2.68. The van der Waals surface area contributed by atoms with Crippen molar-refractivity contribution in [3.05, 3.63) is 88.1 Å². The Morgan fingerprint density at radius 3 is 2.68 bits per heavy atom. The molecular formula is C24H21N. The summed E-state index contributed by atoms with van der Waals surface area (Å²) in [6.45, 7) is 0. The zero-order valence-electron chi connectivity index (χ0n) is 14.3. The molecule has 122 valence electrons. The first-order valence-corrected chi connectivity index (χ1v) is 9.20. The fourth-order valence-electron chi connectivity index (χ4n) is 4.33. The van der Waals surface area contributed by atoms with Crippen molar-refractivity contribution in [3.63, 3.8) is 0 Å². The van der Waals surface area contributed by atoms with E-state index >= 15 is 0 Å². The molecule has 1 atom stereocenters. The van der Waals surface area contributed by atoms with Gasteiger partial charge in [-0.1, -0.05) is 54.6 Å². The summed E-state index contributed by atoms with van der Waals surface area (Å²) in [5, 5.41) is 2.92. The lowest BCUT2D eigenvalue weighted by Gasteiger charge is -2.21. The van der Waals surface area contributed by atoms with Crippen LogP contribution in [0.2, 0.25) is 0 Å². The van der Waals surface area contributed by atoms with Crippen molar-refractivity contribution < 1.29 is 0 Å². The van der Waals surface area contributed by atoms with Crippen LogP contribution in [-0.4, -0.2) is 4.98 Å². The molecule has 2 aliphatic carbocycles. The fraction of sp³-hybridized carbons (Fsp3) is 0.208. The smallest absolute Gasteiger partial charge is 0.0409 e. The molecule has 1 aromatic heterocycles. The van der Waals surface area contributed by atoms with Gasteiger partial charge in [-0.05, 0) is 76.4 Å². The van der Waals surface area contributed by atoms with Crippen LogP contribution in [0.25, 0.3) is 23.3 Å². The Morgan fingerprint density at radius 2 is 1.76 bits per heavy atom. The predicted octanol–water partition coefficient (Wildman–Crippen LogP) is 3.67. The minimum absolute atomic E-state index is 0.583. The summed E-state index contributed by atoms with van der Waals surface area (Å²) >= 11 is 0. The van der Waals surface area contributed by atoms with Crippen molar-refractivity contribution in [1.29, 1.82) is 0 Å². The molecule has 1 heterocycles. The van der Waals surface area contributed by atoms with Gasteiger partial charge in [0.2, 0.25) is 0 Å². The highest BCUT2D eigenvalue weighted by Gasteiger charge is 2.17. The van der Waals surface area contributed by atoms with Crippen LogP contribution < -0.4 is 10.4 Å². The lowest BCUT2D eigenvalue weighted by atomic mass is 9.83. The van der Waals surface area contributed by atoms with Gasteiger partial charge in [-0.2, -0.15) is 0 Å². The second-order valence-corrected chi connectivity index (χ2v) is 7.16. The number of hydrogen-bond acceptors (Lipinski definition) is 1. The van der Waals surface area contributed by atoms with E-state index in [1.165, 1.54) is 51.2 Å². The van der Waals surface area contributed by atoms with Gasteiger partial charge in [-0.25, -0.2) is 0 Å². The van der Waals surface area contributed by atoms with E-state index in [0.717, 1.165) is 12.8 Å². The summed E-state index contributed by atoms with van der Waals surface area (Å²) < 4.78 is 0. The summed E-state index contributed by atoms with van der Waals surface area (Å²) in [5.41, 5.74) is 6.95. The van der Waals surface area contributed by atoms with E-state index in [1.807, 2.05) is 12.3 Å². The van der Waals surface area contributed by atoms with Crippen molar-refractivity contribution in [2.24, 2.45) is 5.92 Å². The van der Waals surface area contributed by atoms with Gasteiger partial charge in [0, 0.05) is 11.9 Å². The first-order chi connectivity index (χ1) is 12.4. The third-order valence-corrected chi connectivity index (χ3v) is 5.60. The van der Waals surface area contributed by atoms with Crippen LogP contribution in [0.1, 0.15) is 23.2 Å². The van der Waals surface area contributed by atoms with E-state index in [0.29, 0.717) is 5.92 Å². The van der Waals surface area contributed by atoms with E-state index in [-0.39, 0.29) is 0 Å². The lowest BCUT2D eigenvalue weighted by molar-refractivity contribution is 0.594. The van der Waals surface area contributed by atoms with Crippen molar-refractivity contribution >= 4 is 12.2 Å². The van der Waals surface area contributed by atoms with Gasteiger partial charge in [0.25, 0.3) is 0 Å². The van der Waals surface area contributed by atoms with Crippen LogP contribution in [0.15, 0.2) is 60.8 Å². The van der Waals surface area contributed by atoms with Gasteiger partial charge in [0.15, 0.2) is 0 Å². The van der Waals surface area contributed by atoms with E-state index in [4.69, 9.17) is 0 Å². The summed E-state index contributed by atoms with van der Waals surface area (Å²) in [6, 6.07) is 19.7. The van der Waals surface area contributed by atoms with E-state index in [9.17, 15) is 0 Å². The summed E-state index contributed by atoms with van der Waals surface area (Å²) in [5.74, 6) is 0.583. The molecule has 1 nitrogen and oxygen atoms in total. The second-order valence-electron chi connectivity index (χ2n) is 7.16. The zero-order chi connectivity index (χ0) is 16.6. The third kappa shape index (κ3) is 2.60. The normalized spacial score (nSPS) is 17.5. The standard InChI is InChI=1S/C24H21N/c1-2-7-21-18(5-1)10-13-23-22(21)12-11-19-9-8-17(16-24(19)23)15-20-6-3-4-14-25-20/h1-7,11-14,16-17H,8-10,15H2. The van der Waals surface area contributed by atoms with E-state index in [2.05, 4.69) is 65.7 Å². The molecule has 25 heavy (non-hydrogen) atoms. The van der Waals surface area contributed by atoms with Crippen LogP contribution in [0.4, 0.5) is 0 Å². The number of aromatic nitrogens is 1. The van der Waals surface area contributed by atoms with Gasteiger partial charge in [-0.3, -0.25) is 4.98 Å². The molecule has 0 fully saturated rings. The molecule has 0 radical (unpaired) electrons. The van der Waals surface area contributed by atoms with Gasteiger partial charge in [0.1, 0.15) is 0 Å². The van der Waals surface area contributed by atoms with E-state index in [1.54, 1.807) is 0 Å². The molecule has 1 unspecified atom stereocenters. The highest BCUT2D eigenvalue weighted by atomic mass is 14.7. The van der Waals surface area contributed by atoms with E-state index < -0.39 is 0 Å². The molecule has 3 aromatic rings. The topological polar surface area (TPSA) is 12.9 Å². The average molecular weight is 323 g/mol. The molecule has 0 saturated heterocycles. The summed E-state index contributed by atoms with van der Waals surface area (Å²) in [6.07, 6.45) is 11.3. The number of benzene rings is 2. The molecule has 0 aliphatic heterocycles. The quantitative estimate of drug-likeness (QED) is 0.701. The Bertz CT molecular complexity index is 1050. The van der Waals surface area contributed by atoms with Crippen LogP contribution in [0.5, 0.6) is 0 Å². The molecule has 2 aromatic carbocycles. The monoisotopic (exact) mass is 323 g/mol. The second kappa shape index (κ2) is 6.00. The molecule has 0 amide bonds. The Balaban J connectivity index is 1.61. The largest absolute Gasteiger partial charge is 0.261 e. The molecule has 0 spiro atoms. The Hall–Kier alpha value is -2.67. The van der Waals surface area contributed by atoms with Crippen LogP contribution in [0, 0.1) is 5.92 Å². The number of rotatable bonds is 2. The van der Waals surface area contributed by atoms with Gasteiger partial charge in [0.05, 0.1) is 0 Å². The molecule has 0 bridgehead atoms. The number of aryl methyl sites for hydroxylation is 1. The van der Waals surface area contributed by atoms with Gasteiger partial charge >= 0.3 is 0 Å². The number of nitrogens with zero attached hydrogens (tertiary/aromatic N) is 1. The number of pyridine rings is 1. The zero-order valence-corrected chi connectivity index (χ0v) is 14.3. The van der Waals surface area contributed by atoms with Crippen molar-refractivity contribution in [2.75, 3.05) is 0 Å². The summed E-state index contributed by atoms with van der Waals surface area (Å²) in [4.78, 5) is 4.52. The van der Waals surface area contributed by atoms with Crippen molar-refractivity contribution in [3.8, 4) is 11.1 Å². The maximum absolute atomic E-state index is 4.52. The Kier molecular flexibility index (Phi) is 3.52. The van der Waals surface area contributed by atoms with Crippen LogP contribution in [-0.2, 0) is 19.3 Å². The predicted molar refractivity (Wildman–Crippen MR) is 104 cm³/mol. The van der Waals surface area contributed by atoms with Crippen LogP contribution in [0.3, 0.4) is 0 Å². The summed E-state index contributed by atoms with van der Waals surface area (Å²) in [7, 11) is 0. The lowest BCUT2D eigenvalue weighted by Crippen LogP contribution is -2.36. The molecular weight excluding hydrogens is 302 g/mol. The highest BCUT2D eigenvalue weighted by molar-refractivity contribution is 5.74. The number of fused-ring (bicyclic) bond motifs is 5. The van der Waals surface area contributed by atoms with Gasteiger partial charge in [-0.15, -0.1) is 0 Å². The molecule has 5 rings (SSSR count). The minimum atomic E-state index is 0.583. The SMILES string of the molecule is C1=c2c(ccc3c2=CCc2ccccc2-3)CCC1Cc1ccccn1. The third-order valence-electron chi connectivity index (χ3n) is 5.60. The molecule has 1 heteroatoms. The minimum Gasteiger partial charge on any atom is -0.261 e. The Morgan fingerprint density at radius 1 is 0.840 bits per heavy atom. The molecule has 2 aliphatic rings. The first kappa shape index (κ1) is 14.7. The molecule has 0 N–H and O–H groups in total. The highest BCUT2D eigenvalue weighted by Crippen LogP contribution is 2.25. The number of hydrogen-bond donors (Lipinski definition) is 0.